The Morgan fingerprint density at radius 2 is 2.14 bits per heavy atom. The van der Waals surface area contributed by atoms with E-state index >= 15 is 0 Å². The molecule has 0 saturated carbocycles. The van der Waals surface area contributed by atoms with Crippen LogP contribution in [0.1, 0.15) is 39.8 Å². The third kappa shape index (κ3) is 3.78. The van der Waals surface area contributed by atoms with Gasteiger partial charge in [-0.2, -0.15) is 0 Å². The van der Waals surface area contributed by atoms with Gasteiger partial charge in [-0.25, -0.2) is 4.31 Å². The number of carbonyl (C=O) groups is 1. The number of aliphatic hydroxyl groups is 1. The number of amides is 1. The van der Waals surface area contributed by atoms with Gasteiger partial charge in [0.05, 0.1) is 12.3 Å². The molecule has 0 bridgehead atoms. The summed E-state index contributed by atoms with van der Waals surface area (Å²) in [5, 5.41) is 16.0. The fraction of sp³-hybridized carbons (Fsp3) is 0.714. The first kappa shape index (κ1) is 16.3. The number of aromatic nitrogens is 1. The number of hydrogen-bond acceptors (Lipinski definition) is 6. The molecule has 1 aromatic heterocycles. The molecule has 2 heterocycles. The molecule has 0 atom stereocenters. The summed E-state index contributed by atoms with van der Waals surface area (Å²) in [5.74, 6) is 0.192. The minimum atomic E-state index is -0.570. The second kappa shape index (κ2) is 5.98. The van der Waals surface area contributed by atoms with E-state index in [9.17, 15) is 9.90 Å². The minimum absolute atomic E-state index is 0.0385. The highest BCUT2D eigenvalue weighted by molar-refractivity contribution is 7.99. The van der Waals surface area contributed by atoms with Gasteiger partial charge in [-0.15, -0.1) is 0 Å². The van der Waals surface area contributed by atoms with Crippen molar-refractivity contribution in [2.75, 3.05) is 25.0 Å². The summed E-state index contributed by atoms with van der Waals surface area (Å²) in [6, 6.07) is 1.67. The molecule has 0 spiro atoms. The van der Waals surface area contributed by atoms with E-state index in [1.165, 1.54) is 6.42 Å². The normalized spacial score (nSPS) is 16.6. The lowest BCUT2D eigenvalue weighted by Crippen LogP contribution is -2.41. The molecule has 1 saturated heterocycles. The smallest absolute Gasteiger partial charge is 0.243 e. The lowest BCUT2D eigenvalue weighted by molar-refractivity contribution is -0.117. The van der Waals surface area contributed by atoms with Gasteiger partial charge in [0.1, 0.15) is 4.75 Å². The SMILES string of the molecule is CC(C)(SN1CCC1)C(=O)Nc1cc(C(C)(C)CO)no1. The molecule has 6 nitrogen and oxygen atoms in total. The van der Waals surface area contributed by atoms with Crippen molar-refractivity contribution in [3.63, 3.8) is 0 Å². The molecule has 1 aliphatic rings. The summed E-state index contributed by atoms with van der Waals surface area (Å²) in [6.45, 7) is 9.51. The largest absolute Gasteiger partial charge is 0.395 e. The van der Waals surface area contributed by atoms with Crippen LogP contribution >= 0.6 is 11.9 Å². The first-order valence-corrected chi connectivity index (χ1v) is 7.85. The summed E-state index contributed by atoms with van der Waals surface area (Å²) in [5.41, 5.74) is 0.127. The summed E-state index contributed by atoms with van der Waals surface area (Å²) in [7, 11) is 0. The average Bonchev–Trinajstić information content (AvgIpc) is 2.83. The quantitative estimate of drug-likeness (QED) is 0.782. The lowest BCUT2D eigenvalue weighted by atomic mass is 9.91. The highest BCUT2D eigenvalue weighted by Crippen LogP contribution is 2.33. The van der Waals surface area contributed by atoms with Crippen molar-refractivity contribution in [2.45, 2.75) is 44.3 Å². The van der Waals surface area contributed by atoms with Crippen molar-refractivity contribution in [2.24, 2.45) is 0 Å². The van der Waals surface area contributed by atoms with Gasteiger partial charge < -0.3 is 9.63 Å². The van der Waals surface area contributed by atoms with Gasteiger partial charge >= 0.3 is 0 Å². The second-order valence-corrected chi connectivity index (χ2v) is 8.18. The topological polar surface area (TPSA) is 78.6 Å². The molecule has 1 aromatic rings. The predicted octanol–water partition coefficient (Wildman–Crippen LogP) is 2.02. The second-order valence-electron chi connectivity index (χ2n) is 6.46. The van der Waals surface area contributed by atoms with Crippen LogP contribution in [0.4, 0.5) is 5.88 Å². The summed E-state index contributed by atoms with van der Waals surface area (Å²) < 4.78 is 6.76. The maximum absolute atomic E-state index is 12.3. The standard InChI is InChI=1S/C14H23N3O3S/c1-13(2,9-18)10-8-11(20-16-10)15-12(19)14(3,4)21-17-6-5-7-17/h8,18H,5-7,9H2,1-4H3,(H,15,19). The number of hydrogen-bond donors (Lipinski definition) is 2. The molecule has 1 fully saturated rings. The van der Waals surface area contributed by atoms with Crippen molar-refractivity contribution in [3.05, 3.63) is 11.8 Å². The zero-order valence-corrected chi connectivity index (χ0v) is 13.8. The zero-order chi connectivity index (χ0) is 15.7. The van der Waals surface area contributed by atoms with Crippen LogP contribution in [0.2, 0.25) is 0 Å². The van der Waals surface area contributed by atoms with Crippen LogP contribution in [0.15, 0.2) is 10.6 Å². The van der Waals surface area contributed by atoms with Crippen LogP contribution in [0.3, 0.4) is 0 Å². The Balaban J connectivity index is 1.99. The van der Waals surface area contributed by atoms with E-state index in [0.717, 1.165) is 13.1 Å². The molecule has 0 aromatic carbocycles. The van der Waals surface area contributed by atoms with E-state index in [2.05, 4.69) is 14.8 Å². The molecular formula is C14H23N3O3S. The van der Waals surface area contributed by atoms with Crippen LogP contribution in [0.25, 0.3) is 0 Å². The van der Waals surface area contributed by atoms with E-state index < -0.39 is 10.2 Å². The van der Waals surface area contributed by atoms with Crippen LogP contribution in [0, 0.1) is 0 Å². The van der Waals surface area contributed by atoms with Gasteiger partial charge in [0, 0.05) is 24.6 Å². The van der Waals surface area contributed by atoms with E-state index in [1.54, 1.807) is 18.0 Å². The maximum atomic E-state index is 12.3. The molecule has 1 amide bonds. The number of nitrogens with zero attached hydrogens (tertiary/aromatic N) is 2. The van der Waals surface area contributed by atoms with E-state index in [0.29, 0.717) is 11.6 Å². The number of carbonyl (C=O) groups excluding carboxylic acids is 1. The number of rotatable bonds is 6. The summed E-state index contributed by atoms with van der Waals surface area (Å²) >= 11 is 1.55. The van der Waals surface area contributed by atoms with Crippen molar-refractivity contribution in [3.8, 4) is 0 Å². The molecule has 0 radical (unpaired) electrons. The van der Waals surface area contributed by atoms with Crippen LogP contribution in [0.5, 0.6) is 0 Å². The zero-order valence-electron chi connectivity index (χ0n) is 13.0. The molecule has 118 valence electrons. The first-order valence-electron chi connectivity index (χ1n) is 7.08. The van der Waals surface area contributed by atoms with E-state index in [4.69, 9.17) is 4.52 Å². The fourth-order valence-corrected chi connectivity index (χ4v) is 2.96. The third-order valence-corrected chi connectivity index (χ3v) is 4.82. The van der Waals surface area contributed by atoms with Gasteiger partial charge in [-0.05, 0) is 20.3 Å². The van der Waals surface area contributed by atoms with Crippen molar-refractivity contribution < 1.29 is 14.4 Å². The maximum Gasteiger partial charge on any atom is 0.243 e. The summed E-state index contributed by atoms with van der Waals surface area (Å²) in [4.78, 5) is 12.3. The van der Waals surface area contributed by atoms with Crippen LogP contribution in [-0.2, 0) is 10.2 Å². The van der Waals surface area contributed by atoms with Gasteiger partial charge in [-0.3, -0.25) is 10.1 Å². The van der Waals surface area contributed by atoms with Crippen molar-refractivity contribution in [1.29, 1.82) is 0 Å². The molecule has 7 heteroatoms. The monoisotopic (exact) mass is 313 g/mol. The van der Waals surface area contributed by atoms with Gasteiger partial charge in [0.25, 0.3) is 0 Å². The third-order valence-electron chi connectivity index (χ3n) is 3.55. The number of aliphatic hydroxyl groups excluding tert-OH is 1. The highest BCUT2D eigenvalue weighted by Gasteiger charge is 2.34. The highest BCUT2D eigenvalue weighted by atomic mass is 32.2. The Hall–Kier alpha value is -1.05. The number of anilines is 1. The van der Waals surface area contributed by atoms with Crippen molar-refractivity contribution in [1.82, 2.24) is 9.46 Å². The molecule has 1 aliphatic heterocycles. The van der Waals surface area contributed by atoms with Crippen LogP contribution in [-0.4, -0.2) is 44.9 Å². The van der Waals surface area contributed by atoms with E-state index in [-0.39, 0.29) is 12.5 Å². The molecule has 2 rings (SSSR count). The van der Waals surface area contributed by atoms with Gasteiger partial charge in [0.2, 0.25) is 11.8 Å². The van der Waals surface area contributed by atoms with E-state index in [1.807, 2.05) is 27.7 Å². The Bertz CT molecular complexity index is 509. The average molecular weight is 313 g/mol. The Labute approximate surface area is 129 Å². The minimum Gasteiger partial charge on any atom is -0.395 e. The molecule has 0 aliphatic carbocycles. The Morgan fingerprint density at radius 1 is 1.48 bits per heavy atom. The molecule has 2 N–H and O–H groups in total. The molecule has 0 unspecified atom stereocenters. The Kier molecular flexibility index (Phi) is 4.65. The fourth-order valence-electron chi connectivity index (χ4n) is 1.74. The Morgan fingerprint density at radius 3 is 2.67 bits per heavy atom. The molecule has 21 heavy (non-hydrogen) atoms. The van der Waals surface area contributed by atoms with Crippen LogP contribution < -0.4 is 5.32 Å². The first-order chi connectivity index (χ1) is 9.74. The number of nitrogens with one attached hydrogen (secondary N) is 1. The van der Waals surface area contributed by atoms with Crippen molar-refractivity contribution >= 4 is 23.7 Å². The summed E-state index contributed by atoms with van der Waals surface area (Å²) in [6.07, 6.45) is 1.19. The predicted molar refractivity (Wildman–Crippen MR) is 83.1 cm³/mol. The lowest BCUT2D eigenvalue weighted by Gasteiger charge is -2.35. The van der Waals surface area contributed by atoms with Gasteiger partial charge in [0.15, 0.2) is 0 Å². The molecular weight excluding hydrogens is 290 g/mol. The van der Waals surface area contributed by atoms with Gasteiger partial charge in [-0.1, -0.05) is 31.0 Å².